The van der Waals surface area contributed by atoms with Crippen LogP contribution in [0, 0.1) is 5.82 Å². The van der Waals surface area contributed by atoms with E-state index in [2.05, 4.69) is 0 Å². The molecule has 1 heterocycles. The zero-order valence-electron chi connectivity index (χ0n) is 9.30. The van der Waals surface area contributed by atoms with Crippen LogP contribution >= 0.6 is 0 Å². The number of aliphatic carboxylic acids is 1. The zero-order chi connectivity index (χ0) is 13.3. The number of hydrogen-bond acceptors (Lipinski definition) is 3. The van der Waals surface area contributed by atoms with Crippen molar-refractivity contribution in [2.24, 2.45) is 0 Å². The number of benzene rings is 1. The van der Waals surface area contributed by atoms with Crippen molar-refractivity contribution in [2.75, 3.05) is 6.54 Å². The van der Waals surface area contributed by atoms with Crippen LogP contribution in [0.1, 0.15) is 18.0 Å². The van der Waals surface area contributed by atoms with E-state index in [1.165, 1.54) is 18.2 Å². The molecule has 1 unspecified atom stereocenters. The van der Waals surface area contributed by atoms with Gasteiger partial charge in [-0.1, -0.05) is 18.2 Å². The van der Waals surface area contributed by atoms with Crippen LogP contribution in [0.4, 0.5) is 4.39 Å². The molecule has 1 aromatic carbocycles. The third-order valence-electron chi connectivity index (χ3n) is 2.76. The van der Waals surface area contributed by atoms with Gasteiger partial charge in [0.2, 0.25) is 5.91 Å². The normalized spacial score (nSPS) is 17.1. The van der Waals surface area contributed by atoms with Gasteiger partial charge in [0, 0.05) is 5.56 Å². The van der Waals surface area contributed by atoms with Crippen molar-refractivity contribution in [3.8, 4) is 0 Å². The van der Waals surface area contributed by atoms with Crippen molar-refractivity contribution in [1.82, 2.24) is 4.90 Å². The number of amides is 1. The average molecular weight is 251 g/mol. The molecule has 5 nitrogen and oxygen atoms in total. The molecule has 1 aliphatic heterocycles. The fourth-order valence-corrected chi connectivity index (χ4v) is 1.97. The Hall–Kier alpha value is -2.24. The largest absolute Gasteiger partial charge is 0.479 e. The van der Waals surface area contributed by atoms with Crippen molar-refractivity contribution < 1.29 is 23.9 Å². The van der Waals surface area contributed by atoms with Crippen LogP contribution < -0.4 is 0 Å². The van der Waals surface area contributed by atoms with Crippen LogP contribution in [0.3, 0.4) is 0 Å². The molecule has 1 amide bonds. The first kappa shape index (κ1) is 12.2. The van der Waals surface area contributed by atoms with Gasteiger partial charge < -0.3 is 10.0 Å². The molecule has 1 saturated heterocycles. The van der Waals surface area contributed by atoms with Crippen molar-refractivity contribution in [1.29, 1.82) is 0 Å². The number of Topliss-reactive ketones (excluding diaryl/α,β-unsaturated/α-hetero) is 1. The lowest BCUT2D eigenvalue weighted by Crippen LogP contribution is -2.36. The highest BCUT2D eigenvalue weighted by atomic mass is 19.1. The van der Waals surface area contributed by atoms with Crippen LogP contribution in [0.2, 0.25) is 0 Å². The summed E-state index contributed by atoms with van der Waals surface area (Å²) in [6.07, 6.45) is -0.321. The molecule has 18 heavy (non-hydrogen) atoms. The van der Waals surface area contributed by atoms with Gasteiger partial charge in [0.1, 0.15) is 5.82 Å². The number of ketones is 1. The lowest BCUT2D eigenvalue weighted by molar-refractivity contribution is -0.148. The summed E-state index contributed by atoms with van der Waals surface area (Å²) in [5.74, 6) is -3.02. The molecule has 1 atom stereocenters. The van der Waals surface area contributed by atoms with Crippen LogP contribution in [0.25, 0.3) is 0 Å². The molecular formula is C12H10FNO4. The van der Waals surface area contributed by atoms with Gasteiger partial charge in [-0.3, -0.25) is 9.59 Å². The Labute approximate surface area is 102 Å². The van der Waals surface area contributed by atoms with E-state index in [1.54, 1.807) is 0 Å². The minimum Gasteiger partial charge on any atom is -0.479 e. The molecular weight excluding hydrogens is 241 g/mol. The highest BCUT2D eigenvalue weighted by molar-refractivity contribution is 6.06. The molecule has 1 aromatic rings. The van der Waals surface area contributed by atoms with E-state index >= 15 is 0 Å². The van der Waals surface area contributed by atoms with Crippen LogP contribution in [0.15, 0.2) is 24.3 Å². The Morgan fingerprint density at radius 2 is 2.00 bits per heavy atom. The van der Waals surface area contributed by atoms with E-state index in [4.69, 9.17) is 5.11 Å². The molecule has 1 fully saturated rings. The predicted octanol–water partition coefficient (Wildman–Crippen LogP) is 0.753. The van der Waals surface area contributed by atoms with E-state index in [0.717, 1.165) is 11.0 Å². The maximum atomic E-state index is 13.6. The van der Waals surface area contributed by atoms with Crippen molar-refractivity contribution in [2.45, 2.75) is 12.5 Å². The number of likely N-dealkylation sites (tertiary alicyclic amines) is 1. The summed E-state index contributed by atoms with van der Waals surface area (Å²) in [7, 11) is 0. The molecule has 1 aliphatic rings. The van der Waals surface area contributed by atoms with Gasteiger partial charge in [-0.05, 0) is 6.07 Å². The SMILES string of the molecule is O=C1CC(=O)N(C(C(=O)O)c2ccccc2F)C1. The van der Waals surface area contributed by atoms with Crippen LogP contribution in [0.5, 0.6) is 0 Å². The first-order valence-electron chi connectivity index (χ1n) is 5.29. The summed E-state index contributed by atoms with van der Waals surface area (Å²) < 4.78 is 13.6. The Morgan fingerprint density at radius 3 is 2.50 bits per heavy atom. The quantitative estimate of drug-likeness (QED) is 0.804. The van der Waals surface area contributed by atoms with Gasteiger partial charge in [-0.2, -0.15) is 0 Å². The van der Waals surface area contributed by atoms with E-state index in [0.29, 0.717) is 0 Å². The highest BCUT2D eigenvalue weighted by Crippen LogP contribution is 2.26. The third kappa shape index (κ3) is 2.09. The summed E-state index contributed by atoms with van der Waals surface area (Å²) in [4.78, 5) is 34.8. The molecule has 0 aromatic heterocycles. The summed E-state index contributed by atoms with van der Waals surface area (Å²) in [5.41, 5.74) is -0.118. The third-order valence-corrected chi connectivity index (χ3v) is 2.76. The van der Waals surface area contributed by atoms with Crippen molar-refractivity contribution in [3.63, 3.8) is 0 Å². The Kier molecular flexibility index (Phi) is 3.10. The maximum absolute atomic E-state index is 13.6. The standard InChI is InChI=1S/C12H10FNO4/c13-9-4-2-1-3-8(9)11(12(17)18)14-6-7(15)5-10(14)16/h1-4,11H,5-6H2,(H,17,18). The highest BCUT2D eigenvalue weighted by Gasteiger charge is 2.38. The lowest BCUT2D eigenvalue weighted by atomic mass is 10.1. The maximum Gasteiger partial charge on any atom is 0.331 e. The number of nitrogens with zero attached hydrogens (tertiary/aromatic N) is 1. The molecule has 6 heteroatoms. The van der Waals surface area contributed by atoms with Gasteiger partial charge in [-0.15, -0.1) is 0 Å². The number of rotatable bonds is 3. The van der Waals surface area contributed by atoms with Gasteiger partial charge >= 0.3 is 5.97 Å². The smallest absolute Gasteiger partial charge is 0.331 e. The topological polar surface area (TPSA) is 74.7 Å². The van der Waals surface area contributed by atoms with Crippen LogP contribution in [-0.2, 0) is 14.4 Å². The molecule has 0 spiro atoms. The number of carbonyl (C=O) groups is 3. The van der Waals surface area contributed by atoms with E-state index < -0.39 is 23.7 Å². The average Bonchev–Trinajstić information content (AvgIpc) is 2.61. The monoisotopic (exact) mass is 251 g/mol. The summed E-state index contributed by atoms with van der Waals surface area (Å²) >= 11 is 0. The zero-order valence-corrected chi connectivity index (χ0v) is 9.30. The van der Waals surface area contributed by atoms with Gasteiger partial charge in [-0.25, -0.2) is 9.18 Å². The molecule has 94 valence electrons. The molecule has 0 saturated carbocycles. The molecule has 0 radical (unpaired) electrons. The molecule has 0 aliphatic carbocycles. The number of hydrogen-bond donors (Lipinski definition) is 1. The van der Waals surface area contributed by atoms with Crippen molar-refractivity contribution >= 4 is 17.7 Å². The second kappa shape index (κ2) is 4.56. The number of carbonyl (C=O) groups excluding carboxylic acids is 2. The fraction of sp³-hybridized carbons (Fsp3) is 0.250. The van der Waals surface area contributed by atoms with Gasteiger partial charge in [0.05, 0.1) is 13.0 Å². The van der Waals surface area contributed by atoms with Crippen molar-refractivity contribution in [3.05, 3.63) is 35.6 Å². The lowest BCUT2D eigenvalue weighted by Gasteiger charge is -2.23. The minimum atomic E-state index is -1.45. The van der Waals surface area contributed by atoms with E-state index in [9.17, 15) is 18.8 Å². The Morgan fingerprint density at radius 1 is 1.33 bits per heavy atom. The van der Waals surface area contributed by atoms with E-state index in [1.807, 2.05) is 0 Å². The molecule has 0 bridgehead atoms. The summed E-state index contributed by atoms with van der Waals surface area (Å²) in [5, 5.41) is 9.14. The Bertz CT molecular complexity index is 529. The number of carboxylic acid groups (broad SMARTS) is 1. The second-order valence-electron chi connectivity index (χ2n) is 4.00. The first-order chi connectivity index (χ1) is 8.50. The van der Waals surface area contributed by atoms with E-state index in [-0.39, 0.29) is 24.3 Å². The molecule has 2 rings (SSSR count). The summed E-state index contributed by atoms with van der Waals surface area (Å²) in [6.45, 7) is -0.288. The minimum absolute atomic E-state index is 0.118. The molecule has 1 N–H and O–H groups in total. The van der Waals surface area contributed by atoms with Crippen LogP contribution in [-0.4, -0.2) is 34.2 Å². The fourth-order valence-electron chi connectivity index (χ4n) is 1.97. The van der Waals surface area contributed by atoms with Gasteiger partial charge in [0.15, 0.2) is 11.8 Å². The van der Waals surface area contributed by atoms with Gasteiger partial charge in [0.25, 0.3) is 0 Å². The number of carboxylic acids is 1. The second-order valence-corrected chi connectivity index (χ2v) is 4.00. The predicted molar refractivity (Wildman–Crippen MR) is 58.1 cm³/mol. The Balaban J connectivity index is 2.41. The first-order valence-corrected chi connectivity index (χ1v) is 5.29. The number of halogens is 1. The summed E-state index contributed by atoms with van der Waals surface area (Å²) in [6, 6.07) is 3.87.